The number of nitrogens with zero attached hydrogens (tertiary/aromatic N) is 1. The average molecular weight is 216 g/mol. The van der Waals surface area contributed by atoms with Crippen LogP contribution in [0.15, 0.2) is 47.9 Å². The van der Waals surface area contributed by atoms with E-state index >= 15 is 0 Å². The Morgan fingerprint density at radius 1 is 1.44 bits per heavy atom. The van der Waals surface area contributed by atoms with Gasteiger partial charge in [0.1, 0.15) is 5.76 Å². The Morgan fingerprint density at radius 2 is 2.31 bits per heavy atom. The van der Waals surface area contributed by atoms with Gasteiger partial charge in [0, 0.05) is 24.7 Å². The molecule has 0 aromatic carbocycles. The van der Waals surface area contributed by atoms with Crippen molar-refractivity contribution in [1.29, 1.82) is 0 Å². The molecule has 0 radical (unpaired) electrons. The highest BCUT2D eigenvalue weighted by Crippen LogP contribution is 2.25. The molecule has 0 fully saturated rings. The van der Waals surface area contributed by atoms with E-state index in [0.29, 0.717) is 18.3 Å². The Balaban J connectivity index is 2.11. The summed E-state index contributed by atoms with van der Waals surface area (Å²) in [6, 6.07) is 5.64. The van der Waals surface area contributed by atoms with Crippen molar-refractivity contribution in [1.82, 2.24) is 4.98 Å². The largest absolute Gasteiger partial charge is 0.443 e. The number of ether oxygens (including phenoxy) is 1. The van der Waals surface area contributed by atoms with E-state index in [1.54, 1.807) is 6.20 Å². The van der Waals surface area contributed by atoms with Gasteiger partial charge in [-0.25, -0.2) is 4.98 Å². The van der Waals surface area contributed by atoms with Crippen LogP contribution < -0.4 is 10.5 Å². The fourth-order valence-corrected chi connectivity index (χ4v) is 1.74. The summed E-state index contributed by atoms with van der Waals surface area (Å²) in [6.07, 6.45) is 6.73. The van der Waals surface area contributed by atoms with Crippen molar-refractivity contribution in [2.75, 3.05) is 6.54 Å². The number of hydrogen-bond donors (Lipinski definition) is 1. The molecule has 1 aromatic heterocycles. The number of rotatable bonds is 3. The van der Waals surface area contributed by atoms with Crippen LogP contribution in [0.5, 0.6) is 5.88 Å². The van der Waals surface area contributed by atoms with Crippen LogP contribution in [0.1, 0.15) is 13.3 Å². The Morgan fingerprint density at radius 3 is 2.94 bits per heavy atom. The Bertz CT molecular complexity index is 409. The van der Waals surface area contributed by atoms with Crippen LogP contribution in [0, 0.1) is 5.92 Å². The highest BCUT2D eigenvalue weighted by Gasteiger charge is 2.16. The Labute approximate surface area is 95.6 Å². The van der Waals surface area contributed by atoms with Crippen molar-refractivity contribution in [3.8, 4) is 5.88 Å². The first-order valence-electron chi connectivity index (χ1n) is 5.48. The van der Waals surface area contributed by atoms with Crippen molar-refractivity contribution in [3.05, 3.63) is 47.9 Å². The lowest BCUT2D eigenvalue weighted by molar-refractivity contribution is 0.340. The molecule has 1 atom stereocenters. The van der Waals surface area contributed by atoms with E-state index in [9.17, 15) is 0 Å². The van der Waals surface area contributed by atoms with E-state index in [1.165, 1.54) is 5.57 Å². The van der Waals surface area contributed by atoms with Crippen molar-refractivity contribution < 1.29 is 4.74 Å². The molecule has 0 amide bonds. The van der Waals surface area contributed by atoms with Gasteiger partial charge in [-0.3, -0.25) is 0 Å². The molecular weight excluding hydrogens is 200 g/mol. The maximum absolute atomic E-state index is 5.72. The third kappa shape index (κ3) is 2.49. The normalized spacial score (nSPS) is 20.0. The summed E-state index contributed by atoms with van der Waals surface area (Å²) in [5.74, 6) is 1.96. The molecule has 2 N–H and O–H groups in total. The summed E-state index contributed by atoms with van der Waals surface area (Å²) in [5, 5.41) is 0. The van der Waals surface area contributed by atoms with E-state index in [4.69, 9.17) is 10.5 Å². The topological polar surface area (TPSA) is 48.1 Å². The molecule has 0 aliphatic heterocycles. The SMILES string of the molecule is CC1CC(CN)=CC=C1Oc1ccccn1. The Kier molecular flexibility index (Phi) is 3.37. The summed E-state index contributed by atoms with van der Waals surface area (Å²) in [5.41, 5.74) is 6.88. The van der Waals surface area contributed by atoms with Crippen LogP contribution in [-0.2, 0) is 0 Å². The molecule has 1 unspecified atom stereocenters. The zero-order valence-corrected chi connectivity index (χ0v) is 9.39. The monoisotopic (exact) mass is 216 g/mol. The number of allylic oxidation sites excluding steroid dienone is 3. The van der Waals surface area contributed by atoms with Crippen LogP contribution >= 0.6 is 0 Å². The number of nitrogens with two attached hydrogens (primary N) is 1. The molecule has 0 saturated carbocycles. The number of hydrogen-bond acceptors (Lipinski definition) is 3. The van der Waals surface area contributed by atoms with Crippen molar-refractivity contribution >= 4 is 0 Å². The van der Waals surface area contributed by atoms with Crippen LogP contribution in [0.4, 0.5) is 0 Å². The van der Waals surface area contributed by atoms with E-state index in [2.05, 4.69) is 11.9 Å². The molecule has 3 heteroatoms. The van der Waals surface area contributed by atoms with Crippen molar-refractivity contribution in [2.45, 2.75) is 13.3 Å². The summed E-state index contributed by atoms with van der Waals surface area (Å²) < 4.78 is 5.72. The second-order valence-electron chi connectivity index (χ2n) is 3.97. The quantitative estimate of drug-likeness (QED) is 0.843. The van der Waals surface area contributed by atoms with Crippen LogP contribution in [0.25, 0.3) is 0 Å². The van der Waals surface area contributed by atoms with Crippen molar-refractivity contribution in [3.63, 3.8) is 0 Å². The first-order chi connectivity index (χ1) is 7.79. The molecular formula is C13H16N2O. The highest BCUT2D eigenvalue weighted by atomic mass is 16.5. The van der Waals surface area contributed by atoms with E-state index in [-0.39, 0.29) is 0 Å². The first-order valence-corrected chi connectivity index (χ1v) is 5.48. The molecule has 0 saturated heterocycles. The van der Waals surface area contributed by atoms with Gasteiger partial charge < -0.3 is 10.5 Å². The van der Waals surface area contributed by atoms with Gasteiger partial charge in [0.2, 0.25) is 5.88 Å². The van der Waals surface area contributed by atoms with Crippen LogP contribution in [0.3, 0.4) is 0 Å². The van der Waals surface area contributed by atoms with Crippen LogP contribution in [-0.4, -0.2) is 11.5 Å². The lowest BCUT2D eigenvalue weighted by Gasteiger charge is -2.20. The van der Waals surface area contributed by atoms with Gasteiger partial charge in [0.25, 0.3) is 0 Å². The van der Waals surface area contributed by atoms with Gasteiger partial charge in [0.05, 0.1) is 0 Å². The van der Waals surface area contributed by atoms with Crippen LogP contribution in [0.2, 0.25) is 0 Å². The molecule has 1 aliphatic rings. The maximum Gasteiger partial charge on any atom is 0.218 e. The number of pyridine rings is 1. The van der Waals surface area contributed by atoms with Gasteiger partial charge in [-0.05, 0) is 18.6 Å². The minimum Gasteiger partial charge on any atom is -0.443 e. The highest BCUT2D eigenvalue weighted by molar-refractivity contribution is 5.26. The lowest BCUT2D eigenvalue weighted by atomic mass is 9.94. The zero-order valence-electron chi connectivity index (χ0n) is 9.39. The molecule has 0 bridgehead atoms. The molecule has 3 nitrogen and oxygen atoms in total. The van der Waals surface area contributed by atoms with E-state index < -0.39 is 0 Å². The third-order valence-corrected chi connectivity index (χ3v) is 2.66. The molecule has 1 aliphatic carbocycles. The lowest BCUT2D eigenvalue weighted by Crippen LogP contribution is -2.15. The van der Waals surface area contributed by atoms with Gasteiger partial charge in [-0.15, -0.1) is 0 Å². The molecule has 16 heavy (non-hydrogen) atoms. The fourth-order valence-electron chi connectivity index (χ4n) is 1.74. The smallest absolute Gasteiger partial charge is 0.218 e. The minimum atomic E-state index is 0.366. The maximum atomic E-state index is 5.72. The van der Waals surface area contributed by atoms with Gasteiger partial charge in [0.15, 0.2) is 0 Å². The first kappa shape index (κ1) is 10.9. The van der Waals surface area contributed by atoms with Gasteiger partial charge >= 0.3 is 0 Å². The summed E-state index contributed by atoms with van der Waals surface area (Å²) >= 11 is 0. The predicted octanol–water partition coefficient (Wildman–Crippen LogP) is 2.27. The molecule has 1 aromatic rings. The molecule has 84 valence electrons. The predicted molar refractivity (Wildman–Crippen MR) is 63.9 cm³/mol. The summed E-state index contributed by atoms with van der Waals surface area (Å²) in [4.78, 5) is 4.14. The van der Waals surface area contributed by atoms with Crippen molar-refractivity contribution in [2.24, 2.45) is 11.7 Å². The summed E-state index contributed by atoms with van der Waals surface area (Å²) in [7, 11) is 0. The van der Waals surface area contributed by atoms with E-state index in [1.807, 2.05) is 30.4 Å². The van der Waals surface area contributed by atoms with E-state index in [0.717, 1.165) is 12.2 Å². The minimum absolute atomic E-state index is 0.366. The second kappa shape index (κ2) is 4.94. The third-order valence-electron chi connectivity index (χ3n) is 2.66. The standard InChI is InChI=1S/C13H16N2O/c1-10-8-11(9-14)5-6-12(10)16-13-4-2-3-7-15-13/h2-7,10H,8-9,14H2,1H3. The molecule has 2 rings (SSSR count). The zero-order chi connectivity index (χ0) is 11.4. The average Bonchev–Trinajstić information content (AvgIpc) is 2.33. The summed E-state index contributed by atoms with van der Waals surface area (Å²) in [6.45, 7) is 2.76. The number of aromatic nitrogens is 1. The second-order valence-corrected chi connectivity index (χ2v) is 3.97. The fraction of sp³-hybridized carbons (Fsp3) is 0.308. The Hall–Kier alpha value is -1.61. The molecule has 1 heterocycles. The molecule has 0 spiro atoms. The van der Waals surface area contributed by atoms with Gasteiger partial charge in [-0.1, -0.05) is 24.6 Å². The van der Waals surface area contributed by atoms with Gasteiger partial charge in [-0.2, -0.15) is 0 Å².